The van der Waals surface area contributed by atoms with Gasteiger partial charge in [0.25, 0.3) is 0 Å². The molecule has 2 N–H and O–H groups in total. The van der Waals surface area contributed by atoms with Crippen molar-refractivity contribution in [3.05, 3.63) is 59.9 Å². The molecule has 2 aromatic rings. The maximum Gasteiger partial charge on any atom is 0.0631 e. The Morgan fingerprint density at radius 3 is 2.40 bits per heavy atom. The number of nitrogen functional groups attached to an aromatic ring is 1. The Morgan fingerprint density at radius 2 is 1.73 bits per heavy atom. The molecule has 0 saturated heterocycles. The molecule has 0 bridgehead atoms. The molecule has 0 aliphatic carbocycles. The second-order valence-corrected chi connectivity index (χ2v) is 3.26. The van der Waals surface area contributed by atoms with E-state index in [9.17, 15) is 0 Å². The van der Waals surface area contributed by atoms with Gasteiger partial charge in [0.15, 0.2) is 0 Å². The Hall–Kier alpha value is -2.09. The number of hydrogen-bond donors (Lipinski definition) is 1. The summed E-state index contributed by atoms with van der Waals surface area (Å²) in [7, 11) is 0. The molecule has 0 aliphatic heterocycles. The van der Waals surface area contributed by atoms with Gasteiger partial charge in [0.2, 0.25) is 0 Å². The van der Waals surface area contributed by atoms with Crippen molar-refractivity contribution in [2.45, 2.75) is 0 Å². The fraction of sp³-hybridized carbons (Fsp3) is 0. The number of benzene rings is 1. The Kier molecular flexibility index (Phi) is 2.79. The van der Waals surface area contributed by atoms with Crippen LogP contribution in [0, 0.1) is 0 Å². The number of pyridine rings is 1. The van der Waals surface area contributed by atoms with E-state index >= 15 is 0 Å². The standard InChI is InChI=1S/C13H12N2/c14-12-7-9-13(15-10-12)8-6-11-4-2-1-3-5-11/h1-10H,14H2/b8-6+. The average molecular weight is 196 g/mol. The third-order valence-electron chi connectivity index (χ3n) is 2.06. The van der Waals surface area contributed by atoms with Crippen molar-refractivity contribution in [2.75, 3.05) is 5.73 Å². The minimum atomic E-state index is 0.687. The molecule has 74 valence electrons. The maximum atomic E-state index is 5.55. The van der Waals surface area contributed by atoms with Crippen LogP contribution in [0.15, 0.2) is 48.7 Å². The van der Waals surface area contributed by atoms with Gasteiger partial charge < -0.3 is 5.73 Å². The molecule has 0 spiro atoms. The number of rotatable bonds is 2. The molecule has 0 fully saturated rings. The van der Waals surface area contributed by atoms with Gasteiger partial charge in [-0.3, -0.25) is 4.98 Å². The van der Waals surface area contributed by atoms with Gasteiger partial charge in [0, 0.05) is 0 Å². The molecule has 0 radical (unpaired) electrons. The van der Waals surface area contributed by atoms with Crippen LogP contribution in [0.3, 0.4) is 0 Å². The van der Waals surface area contributed by atoms with E-state index in [0.29, 0.717) is 5.69 Å². The van der Waals surface area contributed by atoms with E-state index in [1.807, 2.05) is 54.6 Å². The molecule has 15 heavy (non-hydrogen) atoms. The van der Waals surface area contributed by atoms with E-state index in [0.717, 1.165) is 11.3 Å². The van der Waals surface area contributed by atoms with Crippen LogP contribution in [0.5, 0.6) is 0 Å². The summed E-state index contributed by atoms with van der Waals surface area (Å²) < 4.78 is 0. The van der Waals surface area contributed by atoms with Crippen molar-refractivity contribution in [2.24, 2.45) is 0 Å². The molecule has 2 rings (SSSR count). The van der Waals surface area contributed by atoms with E-state index < -0.39 is 0 Å². The summed E-state index contributed by atoms with van der Waals surface area (Å²) in [6, 6.07) is 13.9. The summed E-state index contributed by atoms with van der Waals surface area (Å²) in [5, 5.41) is 0. The second kappa shape index (κ2) is 4.42. The van der Waals surface area contributed by atoms with Crippen molar-refractivity contribution in [1.82, 2.24) is 4.98 Å². The number of nitrogens with zero attached hydrogens (tertiary/aromatic N) is 1. The Bertz CT molecular complexity index is 444. The lowest BCUT2D eigenvalue weighted by molar-refractivity contribution is 1.30. The first-order valence-electron chi connectivity index (χ1n) is 4.79. The van der Waals surface area contributed by atoms with Gasteiger partial charge in [-0.05, 0) is 23.8 Å². The Labute approximate surface area is 89.1 Å². The molecule has 0 aliphatic rings. The molecule has 1 aromatic heterocycles. The van der Waals surface area contributed by atoms with E-state index in [2.05, 4.69) is 4.98 Å². The molecule has 1 aromatic carbocycles. The summed E-state index contributed by atoms with van der Waals surface area (Å²) in [6.07, 6.45) is 5.65. The summed E-state index contributed by atoms with van der Waals surface area (Å²) >= 11 is 0. The maximum absolute atomic E-state index is 5.55. The molecule has 2 heteroatoms. The zero-order valence-electron chi connectivity index (χ0n) is 8.30. The first-order chi connectivity index (χ1) is 7.34. The van der Waals surface area contributed by atoms with Crippen LogP contribution in [-0.2, 0) is 0 Å². The Balaban J connectivity index is 2.15. The minimum Gasteiger partial charge on any atom is -0.397 e. The average Bonchev–Trinajstić information content (AvgIpc) is 2.30. The largest absolute Gasteiger partial charge is 0.397 e. The van der Waals surface area contributed by atoms with Crippen LogP contribution in [0.25, 0.3) is 12.2 Å². The zero-order chi connectivity index (χ0) is 10.5. The van der Waals surface area contributed by atoms with E-state index in [-0.39, 0.29) is 0 Å². The van der Waals surface area contributed by atoms with Crippen LogP contribution >= 0.6 is 0 Å². The number of anilines is 1. The highest BCUT2D eigenvalue weighted by atomic mass is 14.7. The van der Waals surface area contributed by atoms with Crippen LogP contribution in [0.1, 0.15) is 11.3 Å². The van der Waals surface area contributed by atoms with Gasteiger partial charge in [-0.2, -0.15) is 0 Å². The Morgan fingerprint density at radius 1 is 0.933 bits per heavy atom. The number of aromatic nitrogens is 1. The van der Waals surface area contributed by atoms with Crippen molar-refractivity contribution in [1.29, 1.82) is 0 Å². The number of nitrogens with two attached hydrogens (primary N) is 1. The lowest BCUT2D eigenvalue weighted by atomic mass is 10.2. The quantitative estimate of drug-likeness (QED) is 0.802. The molecule has 0 saturated carbocycles. The van der Waals surface area contributed by atoms with E-state index in [1.165, 1.54) is 0 Å². The normalized spacial score (nSPS) is 10.7. The zero-order valence-corrected chi connectivity index (χ0v) is 8.30. The van der Waals surface area contributed by atoms with Crippen molar-refractivity contribution in [3.8, 4) is 0 Å². The van der Waals surface area contributed by atoms with Crippen LogP contribution in [-0.4, -0.2) is 4.98 Å². The SMILES string of the molecule is Nc1ccc(/C=C/c2ccccc2)nc1. The molecule has 2 nitrogen and oxygen atoms in total. The highest BCUT2D eigenvalue weighted by Crippen LogP contribution is 2.07. The smallest absolute Gasteiger partial charge is 0.0631 e. The highest BCUT2D eigenvalue weighted by Gasteiger charge is 1.88. The van der Waals surface area contributed by atoms with Crippen molar-refractivity contribution in [3.63, 3.8) is 0 Å². The summed E-state index contributed by atoms with van der Waals surface area (Å²) in [6.45, 7) is 0. The van der Waals surface area contributed by atoms with Crippen LogP contribution in [0.4, 0.5) is 5.69 Å². The van der Waals surface area contributed by atoms with Gasteiger partial charge in [0.1, 0.15) is 0 Å². The van der Waals surface area contributed by atoms with Gasteiger partial charge in [-0.15, -0.1) is 0 Å². The lowest BCUT2D eigenvalue weighted by Gasteiger charge is -1.94. The van der Waals surface area contributed by atoms with Crippen LogP contribution < -0.4 is 5.73 Å². The predicted molar refractivity (Wildman–Crippen MR) is 64.0 cm³/mol. The van der Waals surface area contributed by atoms with Gasteiger partial charge >= 0.3 is 0 Å². The third-order valence-corrected chi connectivity index (χ3v) is 2.06. The second-order valence-electron chi connectivity index (χ2n) is 3.26. The molecule has 1 heterocycles. The van der Waals surface area contributed by atoms with Gasteiger partial charge in [-0.25, -0.2) is 0 Å². The number of hydrogen-bond acceptors (Lipinski definition) is 2. The fourth-order valence-electron chi connectivity index (χ4n) is 1.26. The lowest BCUT2D eigenvalue weighted by Crippen LogP contribution is -1.86. The van der Waals surface area contributed by atoms with Gasteiger partial charge in [-0.1, -0.05) is 36.4 Å². The van der Waals surface area contributed by atoms with Crippen LogP contribution in [0.2, 0.25) is 0 Å². The summed E-state index contributed by atoms with van der Waals surface area (Å²) in [5.41, 5.74) is 8.31. The molecular formula is C13H12N2. The predicted octanol–water partition coefficient (Wildman–Crippen LogP) is 2.83. The van der Waals surface area contributed by atoms with Gasteiger partial charge in [0.05, 0.1) is 17.6 Å². The topological polar surface area (TPSA) is 38.9 Å². The van der Waals surface area contributed by atoms with E-state index in [4.69, 9.17) is 5.73 Å². The van der Waals surface area contributed by atoms with Crippen molar-refractivity contribution < 1.29 is 0 Å². The first-order valence-corrected chi connectivity index (χ1v) is 4.79. The summed E-state index contributed by atoms with van der Waals surface area (Å²) in [5.74, 6) is 0. The fourth-order valence-corrected chi connectivity index (χ4v) is 1.26. The molecule has 0 unspecified atom stereocenters. The van der Waals surface area contributed by atoms with Crippen molar-refractivity contribution >= 4 is 17.8 Å². The van der Waals surface area contributed by atoms with E-state index in [1.54, 1.807) is 6.20 Å². The molecule has 0 amide bonds. The third kappa shape index (κ3) is 2.68. The monoisotopic (exact) mass is 196 g/mol. The minimum absolute atomic E-state index is 0.687. The first kappa shape index (κ1) is 9.46. The summed E-state index contributed by atoms with van der Waals surface area (Å²) in [4.78, 5) is 4.18. The highest BCUT2D eigenvalue weighted by molar-refractivity contribution is 5.68. The molecular weight excluding hydrogens is 184 g/mol. The molecule has 0 atom stereocenters.